The van der Waals surface area contributed by atoms with E-state index < -0.39 is 5.97 Å². The lowest BCUT2D eigenvalue weighted by molar-refractivity contribution is -0.230. The molecule has 0 aromatic rings. The third-order valence-corrected chi connectivity index (χ3v) is 6.13. The zero-order valence-electron chi connectivity index (χ0n) is 11.8. The van der Waals surface area contributed by atoms with Crippen LogP contribution >= 0.6 is 0 Å². The quantitative estimate of drug-likeness (QED) is 0.781. The monoisotopic (exact) mass is 279 g/mol. The van der Waals surface area contributed by atoms with Gasteiger partial charge in [0.1, 0.15) is 0 Å². The number of nitrogens with zero attached hydrogens (tertiary/aromatic N) is 2. The van der Waals surface area contributed by atoms with Gasteiger partial charge in [0.05, 0.1) is 12.0 Å². The van der Waals surface area contributed by atoms with Crippen molar-refractivity contribution in [3.8, 4) is 0 Å². The minimum atomic E-state index is -0.701. The van der Waals surface area contributed by atoms with Gasteiger partial charge in [0.2, 0.25) is 0 Å². The third-order valence-electron chi connectivity index (χ3n) is 6.13. The molecule has 2 aliphatic heterocycles. The summed E-state index contributed by atoms with van der Waals surface area (Å²) in [5.41, 5.74) is -0.0500. The molecule has 2 atom stereocenters. The molecule has 0 spiro atoms. The van der Waals surface area contributed by atoms with E-state index in [-0.39, 0.29) is 22.9 Å². The molecule has 5 rings (SSSR count). The standard InChI is InChI=1S/C14H21N3O3/c1-9(11(18)19)13-6-14(7-13,8-13)17-5-10-4-15-2-3-16(10)12(17)20/h9-10,15H,2-8H2,1H3,(H,18,19). The topological polar surface area (TPSA) is 72.9 Å². The van der Waals surface area contributed by atoms with Crippen LogP contribution in [-0.2, 0) is 4.79 Å². The van der Waals surface area contributed by atoms with Gasteiger partial charge in [-0.3, -0.25) is 4.79 Å². The van der Waals surface area contributed by atoms with Gasteiger partial charge in [-0.15, -0.1) is 0 Å². The molecule has 3 saturated carbocycles. The summed E-state index contributed by atoms with van der Waals surface area (Å²) in [4.78, 5) is 27.7. The summed E-state index contributed by atoms with van der Waals surface area (Å²) in [5, 5.41) is 12.5. The molecule has 2 heterocycles. The number of hydrogen-bond donors (Lipinski definition) is 2. The molecule has 2 N–H and O–H groups in total. The van der Waals surface area contributed by atoms with Crippen molar-refractivity contribution in [3.05, 3.63) is 0 Å². The van der Waals surface area contributed by atoms with Gasteiger partial charge in [0.15, 0.2) is 0 Å². The summed E-state index contributed by atoms with van der Waals surface area (Å²) >= 11 is 0. The van der Waals surface area contributed by atoms with Crippen molar-refractivity contribution in [2.45, 2.75) is 37.8 Å². The summed E-state index contributed by atoms with van der Waals surface area (Å²) in [6, 6.07) is 0.478. The number of aliphatic carboxylic acids is 1. The van der Waals surface area contributed by atoms with Crippen LogP contribution in [-0.4, -0.2) is 64.7 Å². The van der Waals surface area contributed by atoms with Gasteiger partial charge in [0, 0.05) is 31.7 Å². The largest absolute Gasteiger partial charge is 0.481 e. The fourth-order valence-electron chi connectivity index (χ4n) is 4.83. The molecular weight excluding hydrogens is 258 g/mol. The molecule has 5 fully saturated rings. The molecule has 2 bridgehead atoms. The lowest BCUT2D eigenvalue weighted by atomic mass is 9.35. The van der Waals surface area contributed by atoms with Crippen molar-refractivity contribution in [1.82, 2.24) is 15.1 Å². The van der Waals surface area contributed by atoms with E-state index in [1.54, 1.807) is 0 Å². The Morgan fingerprint density at radius 2 is 2.15 bits per heavy atom. The number of nitrogens with one attached hydrogen (secondary N) is 1. The van der Waals surface area contributed by atoms with Gasteiger partial charge in [0.25, 0.3) is 0 Å². The van der Waals surface area contributed by atoms with Gasteiger partial charge < -0.3 is 20.2 Å². The molecule has 6 nitrogen and oxygen atoms in total. The normalized spacial score (nSPS) is 43.6. The second kappa shape index (κ2) is 3.67. The molecule has 0 radical (unpaired) electrons. The highest BCUT2D eigenvalue weighted by atomic mass is 16.4. The fourth-order valence-corrected chi connectivity index (χ4v) is 4.83. The van der Waals surface area contributed by atoms with Crippen LogP contribution in [0.1, 0.15) is 26.2 Å². The summed E-state index contributed by atoms with van der Waals surface area (Å²) < 4.78 is 0. The molecule has 2 amide bonds. The molecule has 0 aromatic heterocycles. The minimum Gasteiger partial charge on any atom is -0.481 e. The average molecular weight is 279 g/mol. The first-order valence-corrected chi connectivity index (χ1v) is 7.49. The van der Waals surface area contributed by atoms with Crippen molar-refractivity contribution in [2.75, 3.05) is 26.2 Å². The molecular formula is C14H21N3O3. The highest BCUT2D eigenvalue weighted by Gasteiger charge is 2.74. The van der Waals surface area contributed by atoms with E-state index in [0.29, 0.717) is 6.04 Å². The van der Waals surface area contributed by atoms with E-state index in [1.807, 2.05) is 16.7 Å². The van der Waals surface area contributed by atoms with Crippen LogP contribution in [0, 0.1) is 11.3 Å². The predicted octanol–water partition coefficient (Wildman–Crippen LogP) is 0.339. The van der Waals surface area contributed by atoms with Gasteiger partial charge in [-0.2, -0.15) is 0 Å². The maximum Gasteiger partial charge on any atom is 0.320 e. The first-order valence-electron chi connectivity index (χ1n) is 7.49. The van der Waals surface area contributed by atoms with E-state index in [9.17, 15) is 14.7 Å². The predicted molar refractivity (Wildman–Crippen MR) is 71.3 cm³/mol. The van der Waals surface area contributed by atoms with Crippen molar-refractivity contribution in [1.29, 1.82) is 0 Å². The Balaban J connectivity index is 1.47. The van der Waals surface area contributed by atoms with E-state index in [2.05, 4.69) is 5.32 Å². The lowest BCUT2D eigenvalue weighted by Crippen LogP contribution is -2.77. The summed E-state index contributed by atoms with van der Waals surface area (Å²) in [6.45, 7) is 5.18. The van der Waals surface area contributed by atoms with Crippen LogP contribution < -0.4 is 5.32 Å². The molecule has 6 heteroatoms. The molecule has 20 heavy (non-hydrogen) atoms. The van der Waals surface area contributed by atoms with Crippen molar-refractivity contribution >= 4 is 12.0 Å². The molecule has 5 aliphatic rings. The number of carbonyl (C=O) groups is 2. The lowest BCUT2D eigenvalue weighted by Gasteiger charge is -2.74. The molecule has 110 valence electrons. The Bertz CT molecular complexity index is 472. The molecule has 0 aromatic carbocycles. The van der Waals surface area contributed by atoms with E-state index >= 15 is 0 Å². The van der Waals surface area contributed by atoms with Gasteiger partial charge in [-0.05, 0) is 24.7 Å². The van der Waals surface area contributed by atoms with Gasteiger partial charge in [-0.1, -0.05) is 6.92 Å². The summed E-state index contributed by atoms with van der Waals surface area (Å²) in [6.07, 6.45) is 2.65. The number of carbonyl (C=O) groups excluding carboxylic acids is 1. The molecule has 2 unspecified atom stereocenters. The summed E-state index contributed by atoms with van der Waals surface area (Å²) in [7, 11) is 0. The van der Waals surface area contributed by atoms with E-state index in [0.717, 1.165) is 45.4 Å². The van der Waals surface area contributed by atoms with Crippen LogP contribution in [0.5, 0.6) is 0 Å². The highest BCUT2D eigenvalue weighted by Crippen LogP contribution is 2.73. The van der Waals surface area contributed by atoms with E-state index in [1.165, 1.54) is 0 Å². The number of carboxylic acid groups (broad SMARTS) is 1. The van der Waals surface area contributed by atoms with Crippen LogP contribution in [0.15, 0.2) is 0 Å². The Kier molecular flexibility index (Phi) is 2.28. The SMILES string of the molecule is CC(C(=O)O)C12CC(N3CC4CNCCN4C3=O)(C1)C2. The van der Waals surface area contributed by atoms with Crippen molar-refractivity contribution in [2.24, 2.45) is 11.3 Å². The van der Waals surface area contributed by atoms with Crippen LogP contribution in [0.4, 0.5) is 4.79 Å². The number of hydrogen-bond acceptors (Lipinski definition) is 3. The highest BCUT2D eigenvalue weighted by molar-refractivity contribution is 5.80. The zero-order valence-corrected chi connectivity index (χ0v) is 11.8. The number of fused-ring (bicyclic) bond motifs is 1. The van der Waals surface area contributed by atoms with Gasteiger partial charge >= 0.3 is 12.0 Å². The zero-order chi connectivity index (χ0) is 14.1. The number of rotatable bonds is 3. The van der Waals surface area contributed by atoms with Crippen LogP contribution in [0.3, 0.4) is 0 Å². The van der Waals surface area contributed by atoms with Gasteiger partial charge in [-0.25, -0.2) is 4.79 Å². The Hall–Kier alpha value is -1.30. The Labute approximate surface area is 118 Å². The third kappa shape index (κ3) is 1.33. The molecule has 2 saturated heterocycles. The van der Waals surface area contributed by atoms with Crippen LogP contribution in [0.2, 0.25) is 0 Å². The number of amides is 2. The first kappa shape index (κ1) is 12.4. The minimum absolute atomic E-state index is 0.0157. The van der Waals surface area contributed by atoms with Crippen molar-refractivity contribution < 1.29 is 14.7 Å². The van der Waals surface area contributed by atoms with E-state index in [4.69, 9.17) is 0 Å². The second-order valence-electron chi connectivity index (χ2n) is 7.12. The maximum atomic E-state index is 12.5. The van der Waals surface area contributed by atoms with Crippen molar-refractivity contribution in [3.63, 3.8) is 0 Å². The number of urea groups is 1. The smallest absolute Gasteiger partial charge is 0.320 e. The van der Waals surface area contributed by atoms with Crippen LogP contribution in [0.25, 0.3) is 0 Å². The summed E-state index contributed by atoms with van der Waals surface area (Å²) in [5.74, 6) is -0.987. The molecule has 3 aliphatic carbocycles. The Morgan fingerprint density at radius 1 is 1.45 bits per heavy atom. The first-order chi connectivity index (χ1) is 9.47. The number of piperazine rings is 1. The fraction of sp³-hybridized carbons (Fsp3) is 0.857. The average Bonchev–Trinajstić information content (AvgIpc) is 2.64. The maximum absolute atomic E-state index is 12.5. The number of carboxylic acids is 1. The second-order valence-corrected chi connectivity index (χ2v) is 7.12. The Morgan fingerprint density at radius 3 is 2.75 bits per heavy atom.